The van der Waals surface area contributed by atoms with E-state index < -0.39 is 11.2 Å². The average molecular weight is 394 g/mol. The molecule has 1 saturated carbocycles. The maximum atomic E-state index is 13.4. The Morgan fingerprint density at radius 2 is 1.86 bits per heavy atom. The van der Waals surface area contributed by atoms with Crippen LogP contribution in [0.1, 0.15) is 38.2 Å². The number of oxazole rings is 1. The molecule has 0 bridgehead atoms. The monoisotopic (exact) mass is 394 g/mol. The number of amides is 1. The van der Waals surface area contributed by atoms with Crippen molar-refractivity contribution in [2.24, 2.45) is 0 Å². The highest BCUT2D eigenvalue weighted by molar-refractivity contribution is 5.89. The smallest absolute Gasteiger partial charge is 0.420 e. The van der Waals surface area contributed by atoms with E-state index >= 15 is 0 Å². The number of nitrogens with one attached hydrogen (secondary N) is 1. The minimum Gasteiger partial charge on any atom is -0.497 e. The second-order valence-corrected chi connectivity index (χ2v) is 7.84. The van der Waals surface area contributed by atoms with Crippen LogP contribution in [0.3, 0.4) is 0 Å². The number of aromatic nitrogens is 1. The van der Waals surface area contributed by atoms with Crippen LogP contribution in [0.15, 0.2) is 57.7 Å². The zero-order chi connectivity index (χ0) is 20.4. The van der Waals surface area contributed by atoms with Crippen molar-refractivity contribution in [2.75, 3.05) is 7.11 Å². The predicted octanol–water partition coefficient (Wildman–Crippen LogP) is 3.62. The third-order valence-electron chi connectivity index (χ3n) is 5.94. The molecule has 1 fully saturated rings. The molecule has 2 aromatic carbocycles. The Morgan fingerprint density at radius 1 is 1.17 bits per heavy atom. The molecule has 6 nitrogen and oxygen atoms in total. The molecular formula is C23H26N2O4. The van der Waals surface area contributed by atoms with Crippen LogP contribution in [-0.4, -0.2) is 23.6 Å². The zero-order valence-electron chi connectivity index (χ0n) is 16.8. The maximum absolute atomic E-state index is 13.4. The number of carbonyl (C=O) groups is 1. The lowest BCUT2D eigenvalue weighted by Gasteiger charge is -2.30. The lowest BCUT2D eigenvalue weighted by molar-refractivity contribution is -0.127. The zero-order valence-corrected chi connectivity index (χ0v) is 16.8. The van der Waals surface area contributed by atoms with E-state index in [1.807, 2.05) is 49.4 Å². The van der Waals surface area contributed by atoms with Gasteiger partial charge in [0.25, 0.3) is 0 Å². The molecule has 1 N–H and O–H groups in total. The van der Waals surface area contributed by atoms with Crippen LogP contribution in [-0.2, 0) is 16.8 Å². The van der Waals surface area contributed by atoms with E-state index in [0.717, 1.165) is 42.5 Å². The van der Waals surface area contributed by atoms with Crippen molar-refractivity contribution in [3.05, 3.63) is 64.6 Å². The van der Waals surface area contributed by atoms with E-state index in [0.29, 0.717) is 12.1 Å². The SMILES string of the molecule is COc1ccc(C2(C(=O)N[C@@H](C)Cn3c(=O)oc4ccccc43)CCCC2)cc1. The standard InChI is InChI=1S/C23H26N2O4/c1-16(15-25-19-7-3-4-8-20(19)29-22(25)27)24-21(26)23(13-5-6-14-23)17-9-11-18(28-2)12-10-17/h3-4,7-12,16H,5-6,13-15H2,1-2H3,(H,24,26)/t16-/m0/s1. The predicted molar refractivity (Wildman–Crippen MR) is 111 cm³/mol. The Hall–Kier alpha value is -3.02. The van der Waals surface area contributed by atoms with E-state index in [1.54, 1.807) is 17.7 Å². The first-order valence-corrected chi connectivity index (χ1v) is 10.1. The summed E-state index contributed by atoms with van der Waals surface area (Å²) in [7, 11) is 1.64. The molecule has 0 unspecified atom stereocenters. The molecule has 0 aliphatic heterocycles. The molecule has 152 valence electrons. The van der Waals surface area contributed by atoms with Gasteiger partial charge >= 0.3 is 5.76 Å². The summed E-state index contributed by atoms with van der Waals surface area (Å²) in [5.41, 5.74) is 1.79. The Kier molecular flexibility index (Phi) is 5.18. The number of nitrogens with zero attached hydrogens (tertiary/aromatic N) is 1. The van der Waals surface area contributed by atoms with Crippen LogP contribution in [0.5, 0.6) is 5.75 Å². The van der Waals surface area contributed by atoms with Crippen LogP contribution in [0.25, 0.3) is 11.1 Å². The topological polar surface area (TPSA) is 73.5 Å². The summed E-state index contributed by atoms with van der Waals surface area (Å²) in [6.45, 7) is 2.28. The fourth-order valence-corrected chi connectivity index (χ4v) is 4.40. The van der Waals surface area contributed by atoms with Gasteiger partial charge in [-0.3, -0.25) is 9.36 Å². The quantitative estimate of drug-likeness (QED) is 0.693. The Morgan fingerprint density at radius 3 is 2.55 bits per heavy atom. The number of para-hydroxylation sites is 2. The van der Waals surface area contributed by atoms with Gasteiger partial charge in [0.05, 0.1) is 18.0 Å². The molecule has 29 heavy (non-hydrogen) atoms. The second-order valence-electron chi connectivity index (χ2n) is 7.84. The number of fused-ring (bicyclic) bond motifs is 1. The maximum Gasteiger partial charge on any atom is 0.420 e. The summed E-state index contributed by atoms with van der Waals surface area (Å²) < 4.78 is 12.1. The van der Waals surface area contributed by atoms with Crippen LogP contribution in [0.4, 0.5) is 0 Å². The molecule has 0 saturated heterocycles. The minimum atomic E-state index is -0.524. The summed E-state index contributed by atoms with van der Waals surface area (Å²) in [6, 6.07) is 14.9. The molecule has 0 radical (unpaired) electrons. The first-order chi connectivity index (χ1) is 14.0. The van der Waals surface area contributed by atoms with Crippen molar-refractivity contribution in [2.45, 2.75) is 50.6 Å². The van der Waals surface area contributed by atoms with Gasteiger partial charge in [-0.05, 0) is 49.6 Å². The van der Waals surface area contributed by atoms with Gasteiger partial charge in [-0.25, -0.2) is 4.79 Å². The van der Waals surface area contributed by atoms with Crippen LogP contribution in [0, 0.1) is 0 Å². The fourth-order valence-electron chi connectivity index (χ4n) is 4.40. The lowest BCUT2D eigenvalue weighted by atomic mass is 9.77. The number of carbonyl (C=O) groups excluding carboxylic acids is 1. The molecule has 3 aromatic rings. The third-order valence-corrected chi connectivity index (χ3v) is 5.94. The van der Waals surface area contributed by atoms with Gasteiger partial charge in [-0.1, -0.05) is 37.1 Å². The fraction of sp³-hybridized carbons (Fsp3) is 0.391. The molecule has 1 heterocycles. The van der Waals surface area contributed by atoms with Gasteiger partial charge in [-0.15, -0.1) is 0 Å². The number of hydrogen-bond donors (Lipinski definition) is 1. The van der Waals surface area contributed by atoms with Crippen LogP contribution in [0.2, 0.25) is 0 Å². The highest BCUT2D eigenvalue weighted by Crippen LogP contribution is 2.42. The average Bonchev–Trinajstić information content (AvgIpc) is 3.34. The van der Waals surface area contributed by atoms with Crippen LogP contribution >= 0.6 is 0 Å². The lowest BCUT2D eigenvalue weighted by Crippen LogP contribution is -2.47. The van der Waals surface area contributed by atoms with Gasteiger partial charge in [0.2, 0.25) is 5.91 Å². The molecular weight excluding hydrogens is 368 g/mol. The summed E-state index contributed by atoms with van der Waals surface area (Å²) in [4.78, 5) is 25.6. The Bertz CT molecular complexity index is 1060. The molecule has 6 heteroatoms. The van der Waals surface area contributed by atoms with E-state index in [9.17, 15) is 9.59 Å². The summed E-state index contributed by atoms with van der Waals surface area (Å²) in [6.07, 6.45) is 3.71. The van der Waals surface area contributed by atoms with Crippen LogP contribution < -0.4 is 15.8 Å². The number of hydrogen-bond acceptors (Lipinski definition) is 4. The molecule has 1 aliphatic rings. The van der Waals surface area contributed by atoms with Gasteiger partial charge in [0.1, 0.15) is 5.75 Å². The summed E-state index contributed by atoms with van der Waals surface area (Å²) >= 11 is 0. The van der Waals surface area contributed by atoms with Gasteiger partial charge in [0.15, 0.2) is 5.58 Å². The molecule has 1 aromatic heterocycles. The first kappa shape index (κ1) is 19.3. The van der Waals surface area contributed by atoms with Crippen molar-refractivity contribution >= 4 is 17.0 Å². The molecule has 1 aliphatic carbocycles. The number of rotatable bonds is 6. The largest absolute Gasteiger partial charge is 0.497 e. The van der Waals surface area contributed by atoms with Crippen molar-refractivity contribution in [3.63, 3.8) is 0 Å². The van der Waals surface area contributed by atoms with E-state index in [-0.39, 0.29) is 11.9 Å². The molecule has 0 spiro atoms. The number of ether oxygens (including phenoxy) is 1. The van der Waals surface area contributed by atoms with Crippen molar-refractivity contribution in [1.29, 1.82) is 0 Å². The molecule has 4 rings (SSSR count). The number of benzene rings is 2. The van der Waals surface area contributed by atoms with Crippen molar-refractivity contribution < 1.29 is 13.9 Å². The van der Waals surface area contributed by atoms with E-state index in [2.05, 4.69) is 5.32 Å². The van der Waals surface area contributed by atoms with E-state index in [4.69, 9.17) is 9.15 Å². The first-order valence-electron chi connectivity index (χ1n) is 10.1. The van der Waals surface area contributed by atoms with Gasteiger partial charge in [0, 0.05) is 12.6 Å². The van der Waals surface area contributed by atoms with Crippen molar-refractivity contribution in [1.82, 2.24) is 9.88 Å². The Labute approximate surface area is 169 Å². The molecule has 1 atom stereocenters. The molecule has 1 amide bonds. The minimum absolute atomic E-state index is 0.0218. The van der Waals surface area contributed by atoms with E-state index in [1.165, 1.54) is 0 Å². The van der Waals surface area contributed by atoms with Gasteiger partial charge < -0.3 is 14.5 Å². The normalized spacial score (nSPS) is 16.6. The summed E-state index contributed by atoms with van der Waals surface area (Å²) in [5.74, 6) is 0.397. The number of methoxy groups -OCH3 is 1. The highest BCUT2D eigenvalue weighted by atomic mass is 16.5. The van der Waals surface area contributed by atoms with Crippen molar-refractivity contribution in [3.8, 4) is 5.75 Å². The highest BCUT2D eigenvalue weighted by Gasteiger charge is 2.43. The third kappa shape index (κ3) is 3.55. The summed E-state index contributed by atoms with van der Waals surface area (Å²) in [5, 5.41) is 3.15. The van der Waals surface area contributed by atoms with Gasteiger partial charge in [-0.2, -0.15) is 0 Å². The Balaban J connectivity index is 1.54. The second kappa shape index (κ2) is 7.78.